The number of nitrogens with one attached hydrogen (secondary N) is 1. The molecule has 3 heteroatoms. The van der Waals surface area contributed by atoms with Crippen LogP contribution >= 0.6 is 0 Å². The fraction of sp³-hybridized carbons (Fsp3) is 0.933. The molecule has 1 atom stereocenters. The van der Waals surface area contributed by atoms with E-state index in [4.69, 9.17) is 5.73 Å². The van der Waals surface area contributed by atoms with Crippen molar-refractivity contribution in [2.24, 2.45) is 17.1 Å². The van der Waals surface area contributed by atoms with E-state index in [9.17, 15) is 4.79 Å². The van der Waals surface area contributed by atoms with E-state index >= 15 is 0 Å². The van der Waals surface area contributed by atoms with Gasteiger partial charge in [0.2, 0.25) is 5.91 Å². The lowest BCUT2D eigenvalue weighted by molar-refractivity contribution is -0.132. The van der Waals surface area contributed by atoms with Gasteiger partial charge in [0.05, 0.1) is 5.41 Å². The fourth-order valence-electron chi connectivity index (χ4n) is 3.07. The van der Waals surface area contributed by atoms with E-state index in [-0.39, 0.29) is 17.4 Å². The molecule has 0 aromatic carbocycles. The van der Waals surface area contributed by atoms with Gasteiger partial charge in [0.25, 0.3) is 0 Å². The van der Waals surface area contributed by atoms with Gasteiger partial charge in [0, 0.05) is 12.6 Å². The van der Waals surface area contributed by atoms with Crippen molar-refractivity contribution in [2.75, 3.05) is 6.54 Å². The molecule has 1 aliphatic rings. The quantitative estimate of drug-likeness (QED) is 0.741. The number of carbonyl (C=O) groups excluding carboxylic acids is 1. The van der Waals surface area contributed by atoms with Crippen LogP contribution in [0.4, 0.5) is 0 Å². The van der Waals surface area contributed by atoms with Crippen molar-refractivity contribution in [1.82, 2.24) is 5.32 Å². The van der Waals surface area contributed by atoms with E-state index in [1.54, 1.807) is 0 Å². The summed E-state index contributed by atoms with van der Waals surface area (Å²) >= 11 is 0. The number of nitrogens with two attached hydrogens (primary N) is 1. The summed E-state index contributed by atoms with van der Waals surface area (Å²) in [6, 6.07) is 0.254. The van der Waals surface area contributed by atoms with Crippen LogP contribution in [0.25, 0.3) is 0 Å². The molecule has 0 saturated heterocycles. The second kappa shape index (κ2) is 7.13. The zero-order valence-corrected chi connectivity index (χ0v) is 12.3. The van der Waals surface area contributed by atoms with E-state index in [2.05, 4.69) is 26.1 Å². The Bertz CT molecular complexity index is 255. The summed E-state index contributed by atoms with van der Waals surface area (Å²) in [6.45, 7) is 6.96. The zero-order chi connectivity index (χ0) is 13.6. The molecule has 3 N–H and O–H groups in total. The highest BCUT2D eigenvalue weighted by molar-refractivity contribution is 5.83. The molecule has 1 rings (SSSR count). The maximum Gasteiger partial charge on any atom is 0.227 e. The van der Waals surface area contributed by atoms with Gasteiger partial charge < -0.3 is 11.1 Å². The van der Waals surface area contributed by atoms with Gasteiger partial charge in [0.15, 0.2) is 0 Å². The minimum absolute atomic E-state index is 0.194. The minimum atomic E-state index is -0.290. The van der Waals surface area contributed by atoms with Gasteiger partial charge in [0.1, 0.15) is 0 Å². The Morgan fingerprint density at radius 3 is 2.17 bits per heavy atom. The molecule has 3 nitrogen and oxygen atoms in total. The molecular formula is C15H30N2O. The highest BCUT2D eigenvalue weighted by atomic mass is 16.2. The molecule has 1 unspecified atom stereocenters. The topological polar surface area (TPSA) is 55.1 Å². The molecular weight excluding hydrogens is 224 g/mol. The van der Waals surface area contributed by atoms with E-state index < -0.39 is 0 Å². The van der Waals surface area contributed by atoms with E-state index in [0.717, 1.165) is 32.1 Å². The summed E-state index contributed by atoms with van der Waals surface area (Å²) in [5, 5.41) is 3.18. The SMILES string of the molecule is CC(C)CC(C)NC(=O)C1(CN)CCCCCC1. The standard InChI is InChI=1S/C15H30N2O/c1-12(2)10-13(3)17-14(18)15(11-16)8-6-4-5-7-9-15/h12-13H,4-11,16H2,1-3H3,(H,17,18). The third-order valence-corrected chi connectivity index (χ3v) is 4.14. The lowest BCUT2D eigenvalue weighted by Crippen LogP contribution is -2.48. The Morgan fingerprint density at radius 1 is 1.17 bits per heavy atom. The summed E-state index contributed by atoms with van der Waals surface area (Å²) in [5.74, 6) is 0.809. The van der Waals surface area contributed by atoms with Gasteiger partial charge in [-0.25, -0.2) is 0 Å². The number of rotatable bonds is 5. The molecule has 0 aromatic heterocycles. The average Bonchev–Trinajstić information content (AvgIpc) is 2.53. The van der Waals surface area contributed by atoms with E-state index in [0.29, 0.717) is 12.5 Å². The predicted octanol–water partition coefficient (Wildman–Crippen LogP) is 2.84. The first-order valence-electron chi connectivity index (χ1n) is 7.51. The number of carbonyl (C=O) groups is 1. The normalized spacial score (nSPS) is 21.4. The highest BCUT2D eigenvalue weighted by Crippen LogP contribution is 2.34. The molecule has 0 bridgehead atoms. The monoisotopic (exact) mass is 254 g/mol. The van der Waals surface area contributed by atoms with Gasteiger partial charge in [-0.15, -0.1) is 0 Å². The first-order valence-corrected chi connectivity index (χ1v) is 7.51. The fourth-order valence-corrected chi connectivity index (χ4v) is 3.07. The molecule has 0 aliphatic heterocycles. The van der Waals surface area contributed by atoms with Crippen LogP contribution in [-0.4, -0.2) is 18.5 Å². The van der Waals surface area contributed by atoms with Gasteiger partial charge in [-0.1, -0.05) is 39.5 Å². The van der Waals surface area contributed by atoms with Crippen LogP contribution in [0.15, 0.2) is 0 Å². The van der Waals surface area contributed by atoms with Crippen LogP contribution in [0.5, 0.6) is 0 Å². The van der Waals surface area contributed by atoms with Crippen LogP contribution < -0.4 is 11.1 Å². The van der Waals surface area contributed by atoms with Crippen molar-refractivity contribution in [3.05, 3.63) is 0 Å². The van der Waals surface area contributed by atoms with E-state index in [1.807, 2.05) is 0 Å². The van der Waals surface area contributed by atoms with Gasteiger partial charge in [-0.2, -0.15) is 0 Å². The maximum absolute atomic E-state index is 12.5. The van der Waals surface area contributed by atoms with Crippen LogP contribution in [0.3, 0.4) is 0 Å². The van der Waals surface area contributed by atoms with Crippen LogP contribution in [0.2, 0.25) is 0 Å². The third-order valence-electron chi connectivity index (χ3n) is 4.14. The van der Waals surface area contributed by atoms with Crippen molar-refractivity contribution in [3.8, 4) is 0 Å². The molecule has 106 valence electrons. The Hall–Kier alpha value is -0.570. The molecule has 1 amide bonds. The Kier molecular flexibility index (Phi) is 6.13. The molecule has 0 heterocycles. The second-order valence-corrected chi connectivity index (χ2v) is 6.40. The Labute approximate surface area is 112 Å². The number of hydrogen-bond acceptors (Lipinski definition) is 2. The summed E-state index contributed by atoms with van der Waals surface area (Å²) < 4.78 is 0. The lowest BCUT2D eigenvalue weighted by Gasteiger charge is -2.31. The lowest BCUT2D eigenvalue weighted by atomic mass is 9.79. The summed E-state index contributed by atoms with van der Waals surface area (Å²) in [6.07, 6.45) is 7.74. The molecule has 0 spiro atoms. The first kappa shape index (κ1) is 15.5. The van der Waals surface area contributed by atoms with E-state index in [1.165, 1.54) is 12.8 Å². The van der Waals surface area contributed by atoms with Crippen LogP contribution in [-0.2, 0) is 4.79 Å². The zero-order valence-electron chi connectivity index (χ0n) is 12.3. The number of amides is 1. The average molecular weight is 254 g/mol. The molecule has 0 radical (unpaired) electrons. The summed E-state index contributed by atoms with van der Waals surface area (Å²) in [5.41, 5.74) is 5.63. The third kappa shape index (κ3) is 4.27. The van der Waals surface area contributed by atoms with Crippen molar-refractivity contribution in [2.45, 2.75) is 71.8 Å². The maximum atomic E-state index is 12.5. The van der Waals surface area contributed by atoms with Gasteiger partial charge in [-0.3, -0.25) is 4.79 Å². The van der Waals surface area contributed by atoms with Crippen molar-refractivity contribution >= 4 is 5.91 Å². The molecule has 1 saturated carbocycles. The van der Waals surface area contributed by atoms with Crippen molar-refractivity contribution in [3.63, 3.8) is 0 Å². The Balaban J connectivity index is 2.60. The Morgan fingerprint density at radius 2 is 1.72 bits per heavy atom. The molecule has 1 aliphatic carbocycles. The molecule has 1 fully saturated rings. The first-order chi connectivity index (χ1) is 8.50. The minimum Gasteiger partial charge on any atom is -0.353 e. The van der Waals surface area contributed by atoms with Crippen LogP contribution in [0, 0.1) is 11.3 Å². The van der Waals surface area contributed by atoms with Gasteiger partial charge in [-0.05, 0) is 32.1 Å². The number of hydrogen-bond donors (Lipinski definition) is 2. The second-order valence-electron chi connectivity index (χ2n) is 6.40. The molecule has 18 heavy (non-hydrogen) atoms. The summed E-state index contributed by atoms with van der Waals surface area (Å²) in [4.78, 5) is 12.5. The molecule has 0 aromatic rings. The van der Waals surface area contributed by atoms with Crippen LogP contribution in [0.1, 0.15) is 65.7 Å². The van der Waals surface area contributed by atoms with Crippen molar-refractivity contribution < 1.29 is 4.79 Å². The van der Waals surface area contributed by atoms with Crippen molar-refractivity contribution in [1.29, 1.82) is 0 Å². The predicted molar refractivity (Wildman–Crippen MR) is 76.2 cm³/mol. The smallest absolute Gasteiger partial charge is 0.227 e. The largest absolute Gasteiger partial charge is 0.353 e. The van der Waals surface area contributed by atoms with Gasteiger partial charge >= 0.3 is 0 Å². The highest BCUT2D eigenvalue weighted by Gasteiger charge is 2.37. The summed E-state index contributed by atoms with van der Waals surface area (Å²) in [7, 11) is 0.